The molecule has 0 aromatic heterocycles. The molecule has 1 N–H and O–H groups in total. The van der Waals surface area contributed by atoms with Crippen molar-refractivity contribution in [1.82, 2.24) is 4.90 Å². The van der Waals surface area contributed by atoms with Crippen LogP contribution in [0, 0.1) is 5.92 Å². The van der Waals surface area contributed by atoms with Gasteiger partial charge in [-0.25, -0.2) is 0 Å². The standard InChI is InChI=1S/C14H21NO2/c1-11(16)13-7-8-15(10-13)9-12-3-5-14(17-2)6-4-12/h3-6,11,13,16H,7-10H2,1-2H3. The van der Waals surface area contributed by atoms with Gasteiger partial charge in [0.15, 0.2) is 0 Å². The molecule has 1 fully saturated rings. The minimum atomic E-state index is -0.184. The first-order valence-corrected chi connectivity index (χ1v) is 6.22. The number of hydrogen-bond acceptors (Lipinski definition) is 3. The number of nitrogens with zero attached hydrogens (tertiary/aromatic N) is 1. The van der Waals surface area contributed by atoms with Crippen LogP contribution in [0.5, 0.6) is 5.75 Å². The van der Waals surface area contributed by atoms with Gasteiger partial charge in [-0.1, -0.05) is 12.1 Å². The highest BCUT2D eigenvalue weighted by molar-refractivity contribution is 5.27. The first kappa shape index (κ1) is 12.4. The summed E-state index contributed by atoms with van der Waals surface area (Å²) >= 11 is 0. The predicted octanol–water partition coefficient (Wildman–Crippen LogP) is 1.90. The molecule has 0 radical (unpaired) electrons. The molecule has 2 rings (SSSR count). The molecule has 3 nitrogen and oxygen atoms in total. The molecule has 3 heteroatoms. The average Bonchev–Trinajstić information content (AvgIpc) is 2.79. The van der Waals surface area contributed by atoms with Gasteiger partial charge >= 0.3 is 0 Å². The topological polar surface area (TPSA) is 32.7 Å². The number of rotatable bonds is 4. The van der Waals surface area contributed by atoms with E-state index in [9.17, 15) is 5.11 Å². The van der Waals surface area contributed by atoms with E-state index in [-0.39, 0.29) is 6.10 Å². The van der Waals surface area contributed by atoms with Gasteiger partial charge in [-0.15, -0.1) is 0 Å². The summed E-state index contributed by atoms with van der Waals surface area (Å²) in [5.74, 6) is 1.34. The van der Waals surface area contributed by atoms with Crippen LogP contribution in [-0.4, -0.2) is 36.3 Å². The molecule has 94 valence electrons. The van der Waals surface area contributed by atoms with Crippen LogP contribution < -0.4 is 4.74 Å². The fraction of sp³-hybridized carbons (Fsp3) is 0.571. The Bertz CT molecular complexity index is 348. The van der Waals surface area contributed by atoms with Gasteiger partial charge < -0.3 is 9.84 Å². The fourth-order valence-electron chi connectivity index (χ4n) is 2.39. The largest absolute Gasteiger partial charge is 0.497 e. The summed E-state index contributed by atoms with van der Waals surface area (Å²) in [5, 5.41) is 9.56. The van der Waals surface area contributed by atoms with Crippen LogP contribution in [-0.2, 0) is 6.54 Å². The van der Waals surface area contributed by atoms with E-state index in [2.05, 4.69) is 17.0 Å². The summed E-state index contributed by atoms with van der Waals surface area (Å²) in [6.45, 7) is 4.94. The van der Waals surface area contributed by atoms with Crippen molar-refractivity contribution in [3.05, 3.63) is 29.8 Å². The third-order valence-electron chi connectivity index (χ3n) is 3.56. The molecule has 0 saturated carbocycles. The average molecular weight is 235 g/mol. The predicted molar refractivity (Wildman–Crippen MR) is 68.1 cm³/mol. The van der Waals surface area contributed by atoms with E-state index in [1.54, 1.807) is 7.11 Å². The van der Waals surface area contributed by atoms with E-state index in [0.717, 1.165) is 31.8 Å². The maximum Gasteiger partial charge on any atom is 0.118 e. The van der Waals surface area contributed by atoms with Gasteiger partial charge in [-0.2, -0.15) is 0 Å². The normalized spacial score (nSPS) is 22.6. The molecule has 1 aromatic rings. The zero-order chi connectivity index (χ0) is 12.3. The van der Waals surface area contributed by atoms with Crippen molar-refractivity contribution in [2.24, 2.45) is 5.92 Å². The van der Waals surface area contributed by atoms with Crippen molar-refractivity contribution in [3.63, 3.8) is 0 Å². The molecule has 0 spiro atoms. The lowest BCUT2D eigenvalue weighted by Gasteiger charge is -2.17. The van der Waals surface area contributed by atoms with Crippen molar-refractivity contribution in [2.75, 3.05) is 20.2 Å². The monoisotopic (exact) mass is 235 g/mol. The van der Waals surface area contributed by atoms with Gasteiger partial charge in [-0.3, -0.25) is 4.90 Å². The molecule has 1 aromatic carbocycles. The molecule has 1 saturated heterocycles. The second kappa shape index (κ2) is 5.52. The quantitative estimate of drug-likeness (QED) is 0.865. The first-order valence-electron chi connectivity index (χ1n) is 6.22. The summed E-state index contributed by atoms with van der Waals surface area (Å²) < 4.78 is 5.14. The van der Waals surface area contributed by atoms with Crippen LogP contribution in [0.1, 0.15) is 18.9 Å². The summed E-state index contributed by atoms with van der Waals surface area (Å²) in [4.78, 5) is 2.40. The van der Waals surface area contributed by atoms with Crippen LogP contribution >= 0.6 is 0 Å². The van der Waals surface area contributed by atoms with E-state index in [4.69, 9.17) is 4.74 Å². The van der Waals surface area contributed by atoms with Crippen molar-refractivity contribution in [1.29, 1.82) is 0 Å². The van der Waals surface area contributed by atoms with Crippen molar-refractivity contribution in [3.8, 4) is 5.75 Å². The van der Waals surface area contributed by atoms with Gasteiger partial charge in [0.25, 0.3) is 0 Å². The second-order valence-corrected chi connectivity index (χ2v) is 4.87. The Morgan fingerprint density at radius 3 is 2.65 bits per heavy atom. The molecule has 2 unspecified atom stereocenters. The lowest BCUT2D eigenvalue weighted by molar-refractivity contribution is 0.127. The summed E-state index contributed by atoms with van der Waals surface area (Å²) in [6, 6.07) is 8.21. The second-order valence-electron chi connectivity index (χ2n) is 4.87. The van der Waals surface area contributed by atoms with Crippen LogP contribution in [0.4, 0.5) is 0 Å². The Morgan fingerprint density at radius 2 is 2.12 bits per heavy atom. The molecule has 1 aliphatic rings. The maximum absolute atomic E-state index is 9.56. The van der Waals surface area contributed by atoms with E-state index in [0.29, 0.717) is 5.92 Å². The molecule has 1 aliphatic heterocycles. The number of methoxy groups -OCH3 is 1. The van der Waals surface area contributed by atoms with E-state index >= 15 is 0 Å². The number of ether oxygens (including phenoxy) is 1. The van der Waals surface area contributed by atoms with Crippen molar-refractivity contribution in [2.45, 2.75) is 26.0 Å². The Balaban J connectivity index is 1.89. The Kier molecular flexibility index (Phi) is 4.02. The van der Waals surface area contributed by atoms with Gasteiger partial charge in [0, 0.05) is 13.1 Å². The molecule has 17 heavy (non-hydrogen) atoms. The maximum atomic E-state index is 9.56. The minimum absolute atomic E-state index is 0.184. The van der Waals surface area contributed by atoms with E-state index in [1.165, 1.54) is 5.56 Å². The molecular weight excluding hydrogens is 214 g/mol. The minimum Gasteiger partial charge on any atom is -0.497 e. The van der Waals surface area contributed by atoms with Crippen LogP contribution in [0.25, 0.3) is 0 Å². The van der Waals surface area contributed by atoms with Gasteiger partial charge in [0.2, 0.25) is 0 Å². The third-order valence-corrected chi connectivity index (χ3v) is 3.56. The molecule has 1 heterocycles. The number of benzene rings is 1. The molecule has 0 aliphatic carbocycles. The molecule has 2 atom stereocenters. The van der Waals surface area contributed by atoms with Crippen LogP contribution in [0.3, 0.4) is 0 Å². The van der Waals surface area contributed by atoms with Crippen LogP contribution in [0.2, 0.25) is 0 Å². The number of aliphatic hydroxyl groups excluding tert-OH is 1. The summed E-state index contributed by atoms with van der Waals surface area (Å²) in [7, 11) is 1.68. The third kappa shape index (κ3) is 3.20. The summed E-state index contributed by atoms with van der Waals surface area (Å²) in [6.07, 6.45) is 0.921. The number of likely N-dealkylation sites (tertiary alicyclic amines) is 1. The Morgan fingerprint density at radius 1 is 1.41 bits per heavy atom. The highest BCUT2D eigenvalue weighted by atomic mass is 16.5. The fourth-order valence-corrected chi connectivity index (χ4v) is 2.39. The van der Waals surface area contributed by atoms with E-state index in [1.807, 2.05) is 19.1 Å². The zero-order valence-electron chi connectivity index (χ0n) is 10.6. The molecule has 0 bridgehead atoms. The van der Waals surface area contributed by atoms with Gasteiger partial charge in [0.1, 0.15) is 5.75 Å². The smallest absolute Gasteiger partial charge is 0.118 e. The Labute approximate surface area is 103 Å². The number of hydrogen-bond donors (Lipinski definition) is 1. The highest BCUT2D eigenvalue weighted by Gasteiger charge is 2.25. The molecular formula is C14H21NO2. The lowest BCUT2D eigenvalue weighted by Crippen LogP contribution is -2.23. The van der Waals surface area contributed by atoms with Crippen LogP contribution in [0.15, 0.2) is 24.3 Å². The van der Waals surface area contributed by atoms with Crippen molar-refractivity contribution < 1.29 is 9.84 Å². The lowest BCUT2D eigenvalue weighted by atomic mass is 10.0. The molecule has 0 amide bonds. The number of aliphatic hydroxyl groups is 1. The Hall–Kier alpha value is -1.06. The highest BCUT2D eigenvalue weighted by Crippen LogP contribution is 2.22. The van der Waals surface area contributed by atoms with Crippen molar-refractivity contribution >= 4 is 0 Å². The van der Waals surface area contributed by atoms with Gasteiger partial charge in [0.05, 0.1) is 13.2 Å². The first-order chi connectivity index (χ1) is 8.19. The summed E-state index contributed by atoms with van der Waals surface area (Å²) in [5.41, 5.74) is 1.30. The van der Waals surface area contributed by atoms with Gasteiger partial charge in [-0.05, 0) is 43.5 Å². The SMILES string of the molecule is COc1ccc(CN2CCC(C(C)O)C2)cc1. The zero-order valence-corrected chi connectivity index (χ0v) is 10.6. The van der Waals surface area contributed by atoms with E-state index < -0.39 is 0 Å².